The molecule has 0 spiro atoms. The first-order valence-electron chi connectivity index (χ1n) is 4.23. The van der Waals surface area contributed by atoms with Crippen molar-refractivity contribution >= 4 is 11.9 Å². The van der Waals surface area contributed by atoms with Crippen LogP contribution in [0.1, 0.15) is 19.8 Å². The van der Waals surface area contributed by atoms with E-state index >= 15 is 0 Å². The third-order valence-electron chi connectivity index (χ3n) is 2.13. The van der Waals surface area contributed by atoms with Crippen LogP contribution in [0, 0.1) is 0 Å². The molecule has 0 aliphatic carbocycles. The molecule has 1 aliphatic rings. The maximum absolute atomic E-state index is 11.0. The second kappa shape index (κ2) is 3.74. The molecular weight excluding hydrogens is 174 g/mol. The highest BCUT2D eigenvalue weighted by Crippen LogP contribution is 2.18. The fraction of sp³-hybridized carbons (Fsp3) is 0.750. The summed E-state index contributed by atoms with van der Waals surface area (Å²) in [5.74, 6) is -1.28. The highest BCUT2D eigenvalue weighted by atomic mass is 16.5. The highest BCUT2D eigenvalue weighted by Gasteiger charge is 2.43. The Labute approximate surface area is 76.1 Å². The number of hydrogen-bond acceptors (Lipinski definition) is 3. The monoisotopic (exact) mass is 187 g/mol. The number of carbonyl (C=O) groups excluding carboxylic acids is 1. The van der Waals surface area contributed by atoms with E-state index in [2.05, 4.69) is 5.32 Å². The third kappa shape index (κ3) is 1.98. The number of carbonyl (C=O) groups is 2. The van der Waals surface area contributed by atoms with Gasteiger partial charge in [0, 0.05) is 19.4 Å². The fourth-order valence-corrected chi connectivity index (χ4v) is 1.24. The van der Waals surface area contributed by atoms with E-state index in [1.807, 2.05) is 0 Å². The van der Waals surface area contributed by atoms with Crippen LogP contribution in [0.5, 0.6) is 0 Å². The van der Waals surface area contributed by atoms with Crippen LogP contribution in [0.2, 0.25) is 0 Å². The van der Waals surface area contributed by atoms with Gasteiger partial charge in [-0.2, -0.15) is 0 Å². The zero-order valence-corrected chi connectivity index (χ0v) is 7.50. The Morgan fingerprint density at radius 3 is 2.69 bits per heavy atom. The minimum atomic E-state index is -1.19. The van der Waals surface area contributed by atoms with Gasteiger partial charge >= 0.3 is 5.97 Å². The first-order chi connectivity index (χ1) is 6.10. The number of aliphatic carboxylic acids is 1. The van der Waals surface area contributed by atoms with E-state index in [4.69, 9.17) is 9.84 Å². The van der Waals surface area contributed by atoms with Crippen LogP contribution in [-0.2, 0) is 14.3 Å². The minimum Gasteiger partial charge on any atom is -0.479 e. The van der Waals surface area contributed by atoms with E-state index in [-0.39, 0.29) is 18.9 Å². The van der Waals surface area contributed by atoms with Gasteiger partial charge < -0.3 is 15.2 Å². The van der Waals surface area contributed by atoms with Gasteiger partial charge in [-0.05, 0) is 0 Å². The molecule has 1 heterocycles. The normalized spacial score (nSPS) is 27.2. The van der Waals surface area contributed by atoms with Gasteiger partial charge in [-0.25, -0.2) is 4.79 Å². The molecule has 5 heteroatoms. The van der Waals surface area contributed by atoms with Crippen molar-refractivity contribution in [2.75, 3.05) is 13.2 Å². The molecule has 0 bridgehead atoms. The van der Waals surface area contributed by atoms with Crippen LogP contribution in [-0.4, -0.2) is 35.7 Å². The molecule has 0 aromatic rings. The molecule has 0 radical (unpaired) electrons. The number of nitrogens with one attached hydrogen (secondary N) is 1. The quantitative estimate of drug-likeness (QED) is 0.639. The zero-order valence-electron chi connectivity index (χ0n) is 7.50. The molecule has 13 heavy (non-hydrogen) atoms. The third-order valence-corrected chi connectivity index (χ3v) is 2.13. The number of amides is 1. The summed E-state index contributed by atoms with van der Waals surface area (Å²) in [6.07, 6.45) is 0.628. The van der Waals surface area contributed by atoms with Crippen LogP contribution in [0.3, 0.4) is 0 Å². The Balaban J connectivity index is 2.68. The average molecular weight is 187 g/mol. The van der Waals surface area contributed by atoms with Crippen molar-refractivity contribution in [2.45, 2.75) is 25.3 Å². The maximum atomic E-state index is 11.0. The first kappa shape index (κ1) is 9.98. The molecule has 1 aliphatic heterocycles. The Morgan fingerprint density at radius 1 is 1.62 bits per heavy atom. The number of hydrogen-bond donors (Lipinski definition) is 2. The van der Waals surface area contributed by atoms with Gasteiger partial charge in [0.15, 0.2) is 5.54 Å². The Bertz CT molecular complexity index is 220. The number of carboxylic acid groups (broad SMARTS) is 1. The molecule has 1 amide bonds. The van der Waals surface area contributed by atoms with Gasteiger partial charge in [0.2, 0.25) is 5.91 Å². The Kier molecular flexibility index (Phi) is 2.87. The fourth-order valence-electron chi connectivity index (χ4n) is 1.24. The van der Waals surface area contributed by atoms with Gasteiger partial charge in [-0.3, -0.25) is 4.79 Å². The smallest absolute Gasteiger partial charge is 0.331 e. The number of carboxylic acids is 1. The van der Waals surface area contributed by atoms with E-state index in [0.29, 0.717) is 13.0 Å². The second-order valence-electron chi connectivity index (χ2n) is 3.09. The van der Waals surface area contributed by atoms with Crippen LogP contribution in [0.25, 0.3) is 0 Å². The SMILES string of the molecule is CCC(=O)NC1(C(=O)O)CCOC1. The zero-order chi connectivity index (χ0) is 9.90. The predicted molar refractivity (Wildman–Crippen MR) is 44.2 cm³/mol. The molecule has 0 aromatic heterocycles. The van der Waals surface area contributed by atoms with Crippen LogP contribution in [0.15, 0.2) is 0 Å². The molecule has 1 fully saturated rings. The summed E-state index contributed by atoms with van der Waals surface area (Å²) in [5.41, 5.74) is -1.19. The summed E-state index contributed by atoms with van der Waals surface area (Å²) in [7, 11) is 0. The van der Waals surface area contributed by atoms with Crippen LogP contribution in [0.4, 0.5) is 0 Å². The molecule has 0 saturated carbocycles. The summed E-state index contributed by atoms with van der Waals surface area (Å²) < 4.78 is 4.97. The topological polar surface area (TPSA) is 75.6 Å². The standard InChI is InChI=1S/C8H13NO4/c1-2-6(10)9-8(7(11)12)3-4-13-5-8/h2-5H2,1H3,(H,9,10)(H,11,12). The molecule has 2 N–H and O–H groups in total. The van der Waals surface area contributed by atoms with Crippen molar-refractivity contribution in [2.24, 2.45) is 0 Å². The summed E-state index contributed by atoms with van der Waals surface area (Å²) in [5, 5.41) is 11.4. The van der Waals surface area contributed by atoms with Crippen LogP contribution < -0.4 is 5.32 Å². The van der Waals surface area contributed by atoms with Crippen molar-refractivity contribution in [1.82, 2.24) is 5.32 Å². The highest BCUT2D eigenvalue weighted by molar-refractivity contribution is 5.87. The van der Waals surface area contributed by atoms with E-state index in [1.54, 1.807) is 6.92 Å². The number of ether oxygens (including phenoxy) is 1. The molecule has 74 valence electrons. The molecule has 1 saturated heterocycles. The van der Waals surface area contributed by atoms with Gasteiger partial charge in [-0.1, -0.05) is 6.92 Å². The van der Waals surface area contributed by atoms with Gasteiger partial charge in [-0.15, -0.1) is 0 Å². The second-order valence-corrected chi connectivity index (χ2v) is 3.09. The van der Waals surface area contributed by atoms with Crippen molar-refractivity contribution < 1.29 is 19.4 Å². The Morgan fingerprint density at radius 2 is 2.31 bits per heavy atom. The summed E-state index contributed by atoms with van der Waals surface area (Å²) >= 11 is 0. The summed E-state index contributed by atoms with van der Waals surface area (Å²) in [4.78, 5) is 21.9. The first-order valence-corrected chi connectivity index (χ1v) is 4.23. The molecule has 1 atom stereocenters. The lowest BCUT2D eigenvalue weighted by atomic mass is 9.99. The predicted octanol–water partition coefficient (Wildman–Crippen LogP) is -0.244. The van der Waals surface area contributed by atoms with Crippen molar-refractivity contribution in [3.63, 3.8) is 0 Å². The average Bonchev–Trinajstić information content (AvgIpc) is 2.54. The molecule has 1 unspecified atom stereocenters. The Hall–Kier alpha value is -1.10. The largest absolute Gasteiger partial charge is 0.479 e. The number of rotatable bonds is 3. The summed E-state index contributed by atoms with van der Waals surface area (Å²) in [6.45, 7) is 2.13. The van der Waals surface area contributed by atoms with E-state index in [9.17, 15) is 9.59 Å². The lowest BCUT2D eigenvalue weighted by Crippen LogP contribution is -2.55. The van der Waals surface area contributed by atoms with Crippen molar-refractivity contribution in [3.05, 3.63) is 0 Å². The molecule has 1 rings (SSSR count). The van der Waals surface area contributed by atoms with E-state index in [0.717, 1.165) is 0 Å². The lowest BCUT2D eigenvalue weighted by molar-refractivity contribution is -0.147. The van der Waals surface area contributed by atoms with Gasteiger partial charge in [0.05, 0.1) is 6.61 Å². The van der Waals surface area contributed by atoms with E-state index < -0.39 is 11.5 Å². The van der Waals surface area contributed by atoms with E-state index in [1.165, 1.54) is 0 Å². The minimum absolute atomic E-state index is 0.0636. The molecule has 5 nitrogen and oxygen atoms in total. The van der Waals surface area contributed by atoms with Crippen molar-refractivity contribution in [3.8, 4) is 0 Å². The van der Waals surface area contributed by atoms with Crippen LogP contribution >= 0.6 is 0 Å². The molecule has 0 aromatic carbocycles. The van der Waals surface area contributed by atoms with Crippen molar-refractivity contribution in [1.29, 1.82) is 0 Å². The molecular formula is C8H13NO4. The lowest BCUT2D eigenvalue weighted by Gasteiger charge is -2.23. The van der Waals surface area contributed by atoms with Gasteiger partial charge in [0.1, 0.15) is 0 Å². The maximum Gasteiger partial charge on any atom is 0.331 e. The summed E-state index contributed by atoms with van der Waals surface area (Å²) in [6, 6.07) is 0. The van der Waals surface area contributed by atoms with Gasteiger partial charge in [0.25, 0.3) is 0 Å².